The van der Waals surface area contributed by atoms with Gasteiger partial charge < -0.3 is 15.2 Å². The number of ketones is 1. The van der Waals surface area contributed by atoms with Gasteiger partial charge in [0.05, 0.1) is 26.4 Å². The van der Waals surface area contributed by atoms with Crippen LogP contribution in [0.2, 0.25) is 0 Å². The van der Waals surface area contributed by atoms with E-state index >= 15 is 0 Å². The summed E-state index contributed by atoms with van der Waals surface area (Å²) >= 11 is 0. The molecule has 0 radical (unpaired) electrons. The Labute approximate surface area is 123 Å². The SMILES string of the molecule is CCOc1ccc(C(=O)CN2CCOCC2C(N)=O)cc1. The Bertz CT molecular complexity index is 501. The largest absolute Gasteiger partial charge is 0.494 e. The van der Waals surface area contributed by atoms with E-state index in [1.54, 1.807) is 29.2 Å². The Morgan fingerprint density at radius 2 is 2.10 bits per heavy atom. The number of primary amides is 1. The first-order chi connectivity index (χ1) is 10.1. The van der Waals surface area contributed by atoms with E-state index in [0.29, 0.717) is 25.3 Å². The monoisotopic (exact) mass is 292 g/mol. The Kier molecular flexibility index (Phi) is 5.30. The molecule has 2 N–H and O–H groups in total. The predicted molar refractivity (Wildman–Crippen MR) is 77.3 cm³/mol. The summed E-state index contributed by atoms with van der Waals surface area (Å²) in [5, 5.41) is 0. The number of ether oxygens (including phenoxy) is 2. The minimum Gasteiger partial charge on any atom is -0.494 e. The molecular formula is C15H20N2O4. The molecule has 6 heteroatoms. The zero-order chi connectivity index (χ0) is 15.2. The Balaban J connectivity index is 2.00. The Hall–Kier alpha value is -1.92. The molecule has 2 rings (SSSR count). The first-order valence-electron chi connectivity index (χ1n) is 6.99. The summed E-state index contributed by atoms with van der Waals surface area (Å²) in [5.74, 6) is 0.218. The molecule has 1 saturated heterocycles. The molecule has 1 amide bonds. The second-order valence-electron chi connectivity index (χ2n) is 4.84. The minimum atomic E-state index is -0.537. The normalized spacial score (nSPS) is 19.2. The van der Waals surface area contributed by atoms with Crippen molar-refractivity contribution in [3.05, 3.63) is 29.8 Å². The first kappa shape index (κ1) is 15.5. The fraction of sp³-hybridized carbons (Fsp3) is 0.467. The first-order valence-corrected chi connectivity index (χ1v) is 6.99. The molecule has 0 aromatic heterocycles. The summed E-state index contributed by atoms with van der Waals surface area (Å²) in [6.45, 7) is 3.91. The van der Waals surface area contributed by atoms with Crippen LogP contribution in [0.1, 0.15) is 17.3 Å². The van der Waals surface area contributed by atoms with E-state index in [4.69, 9.17) is 15.2 Å². The second-order valence-corrected chi connectivity index (χ2v) is 4.84. The molecule has 1 fully saturated rings. The maximum Gasteiger partial charge on any atom is 0.237 e. The van der Waals surface area contributed by atoms with Crippen molar-refractivity contribution < 1.29 is 19.1 Å². The number of amides is 1. The third-order valence-corrected chi connectivity index (χ3v) is 3.40. The van der Waals surface area contributed by atoms with Crippen molar-refractivity contribution >= 4 is 11.7 Å². The van der Waals surface area contributed by atoms with Crippen molar-refractivity contribution in [2.45, 2.75) is 13.0 Å². The fourth-order valence-corrected chi connectivity index (χ4v) is 2.27. The zero-order valence-electron chi connectivity index (χ0n) is 12.1. The number of nitrogens with two attached hydrogens (primary N) is 1. The van der Waals surface area contributed by atoms with E-state index < -0.39 is 11.9 Å². The van der Waals surface area contributed by atoms with E-state index in [1.165, 1.54) is 0 Å². The number of hydrogen-bond donors (Lipinski definition) is 1. The molecule has 6 nitrogen and oxygen atoms in total. The molecule has 1 aliphatic heterocycles. The number of carbonyl (C=O) groups is 2. The number of rotatable bonds is 6. The molecule has 0 spiro atoms. The highest BCUT2D eigenvalue weighted by atomic mass is 16.5. The van der Waals surface area contributed by atoms with Gasteiger partial charge in [-0.05, 0) is 31.2 Å². The summed E-state index contributed by atoms with van der Waals surface area (Å²) in [5.41, 5.74) is 5.93. The summed E-state index contributed by atoms with van der Waals surface area (Å²) < 4.78 is 10.6. The lowest BCUT2D eigenvalue weighted by Gasteiger charge is -2.32. The van der Waals surface area contributed by atoms with Crippen LogP contribution in [0.4, 0.5) is 0 Å². The summed E-state index contributed by atoms with van der Waals surface area (Å²) in [6, 6.07) is 6.45. The molecule has 0 bridgehead atoms. The van der Waals surface area contributed by atoms with Gasteiger partial charge in [-0.25, -0.2) is 0 Å². The van der Waals surface area contributed by atoms with Crippen molar-refractivity contribution in [2.24, 2.45) is 5.73 Å². The van der Waals surface area contributed by atoms with Gasteiger partial charge in [-0.2, -0.15) is 0 Å². The minimum absolute atomic E-state index is 0.0498. The number of morpholine rings is 1. The van der Waals surface area contributed by atoms with Gasteiger partial charge in [0.25, 0.3) is 0 Å². The number of carbonyl (C=O) groups excluding carboxylic acids is 2. The van der Waals surface area contributed by atoms with Crippen molar-refractivity contribution in [3.8, 4) is 5.75 Å². The van der Waals surface area contributed by atoms with Crippen LogP contribution >= 0.6 is 0 Å². The van der Waals surface area contributed by atoms with E-state index in [1.807, 2.05) is 6.92 Å². The average Bonchev–Trinajstić information content (AvgIpc) is 2.48. The van der Waals surface area contributed by atoms with Gasteiger partial charge >= 0.3 is 0 Å². The van der Waals surface area contributed by atoms with Gasteiger partial charge in [-0.3, -0.25) is 14.5 Å². The molecule has 1 heterocycles. The molecule has 1 atom stereocenters. The van der Waals surface area contributed by atoms with Gasteiger partial charge in [-0.1, -0.05) is 0 Å². The van der Waals surface area contributed by atoms with Crippen molar-refractivity contribution in [2.75, 3.05) is 32.9 Å². The Morgan fingerprint density at radius 3 is 2.71 bits per heavy atom. The van der Waals surface area contributed by atoms with Crippen molar-refractivity contribution in [1.29, 1.82) is 0 Å². The van der Waals surface area contributed by atoms with Crippen LogP contribution in [0.5, 0.6) is 5.75 Å². The average molecular weight is 292 g/mol. The van der Waals surface area contributed by atoms with E-state index in [9.17, 15) is 9.59 Å². The number of hydrogen-bond acceptors (Lipinski definition) is 5. The second kappa shape index (κ2) is 7.19. The van der Waals surface area contributed by atoms with Crippen molar-refractivity contribution in [1.82, 2.24) is 4.90 Å². The lowest BCUT2D eigenvalue weighted by molar-refractivity contribution is -0.128. The fourth-order valence-electron chi connectivity index (χ4n) is 2.27. The number of benzene rings is 1. The standard InChI is InChI=1S/C15H20N2O4/c1-2-21-12-5-3-11(4-6-12)14(18)9-17-7-8-20-10-13(17)15(16)19/h3-6,13H,2,7-10H2,1H3,(H2,16,19). The lowest BCUT2D eigenvalue weighted by atomic mass is 10.1. The number of Topliss-reactive ketones (excluding diaryl/α,β-unsaturated/α-hetero) is 1. The Morgan fingerprint density at radius 1 is 1.38 bits per heavy atom. The van der Waals surface area contributed by atoms with Gasteiger partial charge in [0, 0.05) is 12.1 Å². The predicted octanol–water partition coefficient (Wildman–Crippen LogP) is 0.454. The van der Waals surface area contributed by atoms with Crippen LogP contribution < -0.4 is 10.5 Å². The quantitative estimate of drug-likeness (QED) is 0.770. The lowest BCUT2D eigenvalue weighted by Crippen LogP contribution is -2.53. The highest BCUT2D eigenvalue weighted by Gasteiger charge is 2.29. The summed E-state index contributed by atoms with van der Waals surface area (Å²) in [4.78, 5) is 25.4. The molecule has 21 heavy (non-hydrogen) atoms. The molecule has 114 valence electrons. The molecule has 1 unspecified atom stereocenters. The molecule has 0 saturated carbocycles. The van der Waals surface area contributed by atoms with Gasteiger partial charge in [0.2, 0.25) is 5.91 Å². The van der Waals surface area contributed by atoms with Gasteiger partial charge in [0.15, 0.2) is 5.78 Å². The van der Waals surface area contributed by atoms with Crippen LogP contribution in [0, 0.1) is 0 Å². The van der Waals surface area contributed by atoms with E-state index in [2.05, 4.69) is 0 Å². The number of nitrogens with zero attached hydrogens (tertiary/aromatic N) is 1. The third kappa shape index (κ3) is 4.03. The highest BCUT2D eigenvalue weighted by molar-refractivity contribution is 5.98. The van der Waals surface area contributed by atoms with Crippen LogP contribution in [0.3, 0.4) is 0 Å². The zero-order valence-corrected chi connectivity index (χ0v) is 12.1. The van der Waals surface area contributed by atoms with Gasteiger partial charge in [-0.15, -0.1) is 0 Å². The van der Waals surface area contributed by atoms with Gasteiger partial charge in [0.1, 0.15) is 11.8 Å². The van der Waals surface area contributed by atoms with E-state index in [0.717, 1.165) is 5.75 Å². The third-order valence-electron chi connectivity index (χ3n) is 3.40. The summed E-state index contributed by atoms with van der Waals surface area (Å²) in [7, 11) is 0. The maximum absolute atomic E-state index is 12.3. The highest BCUT2D eigenvalue weighted by Crippen LogP contribution is 2.14. The van der Waals surface area contributed by atoms with Crippen molar-refractivity contribution in [3.63, 3.8) is 0 Å². The maximum atomic E-state index is 12.3. The smallest absolute Gasteiger partial charge is 0.237 e. The van der Waals surface area contributed by atoms with Crippen LogP contribution in [-0.4, -0.2) is 55.5 Å². The molecule has 1 aliphatic rings. The summed E-state index contributed by atoms with van der Waals surface area (Å²) in [6.07, 6.45) is 0. The molecule has 1 aromatic rings. The topological polar surface area (TPSA) is 81.9 Å². The van der Waals surface area contributed by atoms with Crippen LogP contribution in [0.15, 0.2) is 24.3 Å². The molecular weight excluding hydrogens is 272 g/mol. The molecule has 1 aromatic carbocycles. The van der Waals surface area contributed by atoms with E-state index in [-0.39, 0.29) is 18.9 Å². The van der Waals surface area contributed by atoms with Crippen LogP contribution in [0.25, 0.3) is 0 Å². The van der Waals surface area contributed by atoms with Crippen LogP contribution in [-0.2, 0) is 9.53 Å². The molecule has 0 aliphatic carbocycles.